The highest BCUT2D eigenvalue weighted by atomic mass is 16.5. The highest BCUT2D eigenvalue weighted by Gasteiger charge is 2.16. The summed E-state index contributed by atoms with van der Waals surface area (Å²) in [5, 5.41) is 11.5. The Hall–Kier alpha value is -3.39. The Morgan fingerprint density at radius 2 is 1.75 bits per heavy atom. The maximum absolute atomic E-state index is 12.3. The fourth-order valence-electron chi connectivity index (χ4n) is 3.32. The van der Waals surface area contributed by atoms with E-state index < -0.39 is 0 Å². The van der Waals surface area contributed by atoms with Crippen molar-refractivity contribution in [3.05, 3.63) is 59.7 Å². The van der Waals surface area contributed by atoms with Gasteiger partial charge in [0.1, 0.15) is 0 Å². The molecule has 0 bridgehead atoms. The van der Waals surface area contributed by atoms with Crippen molar-refractivity contribution >= 4 is 29.1 Å². The summed E-state index contributed by atoms with van der Waals surface area (Å²) >= 11 is 0. The Bertz CT molecular complexity index is 924. The van der Waals surface area contributed by atoms with Crippen molar-refractivity contribution in [3.8, 4) is 0 Å². The van der Waals surface area contributed by atoms with Crippen molar-refractivity contribution in [2.75, 3.05) is 36.9 Å². The molecule has 3 rings (SSSR count). The number of anilines is 2. The van der Waals surface area contributed by atoms with Crippen LogP contribution < -0.4 is 21.3 Å². The Morgan fingerprint density at radius 3 is 2.47 bits per heavy atom. The Labute approximate surface area is 188 Å². The fraction of sp³-hybridized carbons (Fsp3) is 0.375. The molecule has 8 nitrogen and oxygen atoms in total. The van der Waals surface area contributed by atoms with Crippen molar-refractivity contribution in [1.82, 2.24) is 10.6 Å². The minimum Gasteiger partial charge on any atom is -0.376 e. The van der Waals surface area contributed by atoms with Gasteiger partial charge in [-0.05, 0) is 61.7 Å². The number of carbonyl (C=O) groups excluding carboxylic acids is 3. The molecule has 1 unspecified atom stereocenters. The monoisotopic (exact) mass is 438 g/mol. The summed E-state index contributed by atoms with van der Waals surface area (Å²) in [6.45, 7) is 3.91. The summed E-state index contributed by atoms with van der Waals surface area (Å²) < 4.78 is 5.50. The van der Waals surface area contributed by atoms with Gasteiger partial charge in [-0.1, -0.05) is 13.0 Å². The van der Waals surface area contributed by atoms with Crippen LogP contribution in [0.5, 0.6) is 0 Å². The van der Waals surface area contributed by atoms with Gasteiger partial charge in [-0.3, -0.25) is 14.4 Å². The van der Waals surface area contributed by atoms with Crippen LogP contribution in [0.4, 0.5) is 11.4 Å². The van der Waals surface area contributed by atoms with Crippen molar-refractivity contribution in [3.63, 3.8) is 0 Å². The van der Waals surface area contributed by atoms with E-state index in [1.54, 1.807) is 48.5 Å². The van der Waals surface area contributed by atoms with Gasteiger partial charge >= 0.3 is 0 Å². The highest BCUT2D eigenvalue weighted by Crippen LogP contribution is 2.13. The van der Waals surface area contributed by atoms with Gasteiger partial charge in [-0.2, -0.15) is 0 Å². The first-order chi connectivity index (χ1) is 15.5. The molecule has 1 fully saturated rings. The third-order valence-electron chi connectivity index (χ3n) is 5.06. The van der Waals surface area contributed by atoms with E-state index >= 15 is 0 Å². The predicted octanol–water partition coefficient (Wildman–Crippen LogP) is 2.79. The zero-order chi connectivity index (χ0) is 22.8. The molecule has 0 saturated carbocycles. The molecule has 0 radical (unpaired) electrons. The number of carbonyl (C=O) groups is 3. The summed E-state index contributed by atoms with van der Waals surface area (Å²) in [5.41, 5.74) is 2.34. The Balaban J connectivity index is 1.44. The van der Waals surface area contributed by atoms with Gasteiger partial charge in [-0.25, -0.2) is 0 Å². The lowest BCUT2D eigenvalue weighted by atomic mass is 10.1. The van der Waals surface area contributed by atoms with Gasteiger partial charge in [-0.15, -0.1) is 0 Å². The number of amides is 3. The standard InChI is InChI=1S/C24H30N4O4/c1-2-12-25-24(31)18-5-3-6-20(14-18)26-16-22(29)28-19-10-8-17(9-11-19)23(30)27-15-21-7-4-13-32-21/h3,5-6,8-11,14,21,26H,2,4,7,12-13,15-16H2,1H3,(H,25,31)(H,27,30)(H,28,29). The van der Waals surface area contributed by atoms with E-state index in [1.807, 2.05) is 6.92 Å². The van der Waals surface area contributed by atoms with Crippen molar-refractivity contribution < 1.29 is 19.1 Å². The number of rotatable bonds is 10. The molecule has 3 amide bonds. The lowest BCUT2D eigenvalue weighted by molar-refractivity contribution is -0.114. The molecule has 1 heterocycles. The molecular weight excluding hydrogens is 408 g/mol. The molecule has 32 heavy (non-hydrogen) atoms. The van der Waals surface area contributed by atoms with Crippen LogP contribution >= 0.6 is 0 Å². The largest absolute Gasteiger partial charge is 0.376 e. The smallest absolute Gasteiger partial charge is 0.251 e. The predicted molar refractivity (Wildman–Crippen MR) is 124 cm³/mol. The number of nitrogens with one attached hydrogen (secondary N) is 4. The van der Waals surface area contributed by atoms with Crippen LogP contribution in [0.2, 0.25) is 0 Å². The first-order valence-corrected chi connectivity index (χ1v) is 11.0. The first-order valence-electron chi connectivity index (χ1n) is 11.0. The number of benzene rings is 2. The zero-order valence-corrected chi connectivity index (χ0v) is 18.3. The zero-order valence-electron chi connectivity index (χ0n) is 18.3. The molecule has 4 N–H and O–H groups in total. The molecular formula is C24H30N4O4. The number of hydrogen-bond donors (Lipinski definition) is 4. The van der Waals surface area contributed by atoms with Gasteiger partial charge in [0.25, 0.3) is 11.8 Å². The van der Waals surface area contributed by atoms with Crippen molar-refractivity contribution in [2.24, 2.45) is 0 Å². The lowest BCUT2D eigenvalue weighted by Crippen LogP contribution is -2.31. The summed E-state index contributed by atoms with van der Waals surface area (Å²) in [7, 11) is 0. The van der Waals surface area contributed by atoms with Gasteiger partial charge in [0, 0.05) is 42.2 Å². The van der Waals surface area contributed by atoms with Crippen LogP contribution in [-0.4, -0.2) is 50.1 Å². The molecule has 2 aromatic carbocycles. The van der Waals surface area contributed by atoms with Gasteiger partial charge in [0.15, 0.2) is 0 Å². The Morgan fingerprint density at radius 1 is 0.969 bits per heavy atom. The van der Waals surface area contributed by atoms with E-state index in [2.05, 4.69) is 21.3 Å². The first kappa shape index (κ1) is 23.3. The van der Waals surface area contributed by atoms with Crippen LogP contribution in [-0.2, 0) is 9.53 Å². The van der Waals surface area contributed by atoms with Gasteiger partial charge < -0.3 is 26.0 Å². The Kier molecular flexibility index (Phi) is 8.62. The minimum atomic E-state index is -0.235. The third kappa shape index (κ3) is 7.09. The normalized spacial score (nSPS) is 15.1. The average molecular weight is 439 g/mol. The van der Waals surface area contributed by atoms with Crippen molar-refractivity contribution in [1.29, 1.82) is 0 Å². The quantitative estimate of drug-likeness (QED) is 0.456. The SMILES string of the molecule is CCCNC(=O)c1cccc(NCC(=O)Nc2ccc(C(=O)NCC3CCCO3)cc2)c1. The molecule has 0 aliphatic carbocycles. The summed E-state index contributed by atoms with van der Waals surface area (Å²) in [5.74, 6) is -0.538. The minimum absolute atomic E-state index is 0.0453. The molecule has 1 aliphatic rings. The molecule has 1 atom stereocenters. The van der Waals surface area contributed by atoms with Gasteiger partial charge in [0.05, 0.1) is 12.6 Å². The van der Waals surface area contributed by atoms with E-state index in [4.69, 9.17) is 4.74 Å². The molecule has 1 aliphatic heterocycles. The van der Waals surface area contributed by atoms with Crippen LogP contribution in [0.25, 0.3) is 0 Å². The average Bonchev–Trinajstić information content (AvgIpc) is 3.34. The lowest BCUT2D eigenvalue weighted by Gasteiger charge is -2.11. The number of hydrogen-bond acceptors (Lipinski definition) is 5. The molecule has 2 aromatic rings. The van der Waals surface area contributed by atoms with E-state index in [0.717, 1.165) is 25.9 Å². The van der Waals surface area contributed by atoms with E-state index in [1.165, 1.54) is 0 Å². The van der Waals surface area contributed by atoms with E-state index in [9.17, 15) is 14.4 Å². The summed E-state index contributed by atoms with van der Waals surface area (Å²) in [6.07, 6.45) is 2.96. The topological polar surface area (TPSA) is 109 Å². The summed E-state index contributed by atoms with van der Waals surface area (Å²) in [4.78, 5) is 36.6. The molecule has 170 valence electrons. The van der Waals surface area contributed by atoms with Crippen LogP contribution in [0.3, 0.4) is 0 Å². The fourth-order valence-corrected chi connectivity index (χ4v) is 3.32. The van der Waals surface area contributed by atoms with E-state index in [-0.39, 0.29) is 30.4 Å². The highest BCUT2D eigenvalue weighted by molar-refractivity contribution is 5.97. The second-order valence-corrected chi connectivity index (χ2v) is 7.66. The van der Waals surface area contributed by atoms with Crippen LogP contribution in [0, 0.1) is 0 Å². The molecule has 1 saturated heterocycles. The maximum Gasteiger partial charge on any atom is 0.251 e. The van der Waals surface area contributed by atoms with Crippen LogP contribution in [0.1, 0.15) is 46.9 Å². The second-order valence-electron chi connectivity index (χ2n) is 7.66. The third-order valence-corrected chi connectivity index (χ3v) is 5.06. The molecule has 0 spiro atoms. The van der Waals surface area contributed by atoms with Crippen molar-refractivity contribution in [2.45, 2.75) is 32.3 Å². The van der Waals surface area contributed by atoms with Gasteiger partial charge in [0.2, 0.25) is 5.91 Å². The summed E-state index contributed by atoms with van der Waals surface area (Å²) in [6, 6.07) is 13.7. The number of ether oxygens (including phenoxy) is 1. The molecule has 8 heteroatoms. The molecule has 0 aromatic heterocycles. The van der Waals surface area contributed by atoms with E-state index in [0.29, 0.717) is 35.6 Å². The maximum atomic E-state index is 12.3. The second kappa shape index (κ2) is 11.9. The van der Waals surface area contributed by atoms with Crippen LogP contribution in [0.15, 0.2) is 48.5 Å².